The molecule has 118 valence electrons. The van der Waals surface area contributed by atoms with E-state index >= 15 is 0 Å². The zero-order chi connectivity index (χ0) is 16.1. The van der Waals surface area contributed by atoms with E-state index in [2.05, 4.69) is 15.3 Å². The van der Waals surface area contributed by atoms with E-state index in [0.717, 1.165) is 22.6 Å². The average molecular weight is 302 g/mol. The minimum atomic E-state index is -0.657. The maximum atomic E-state index is 10.0. The minimum Gasteiger partial charge on any atom is -0.490 e. The second-order valence-corrected chi connectivity index (χ2v) is 5.32. The molecular formula is C16H22N4O2. The zero-order valence-corrected chi connectivity index (χ0v) is 13.1. The van der Waals surface area contributed by atoms with Crippen LogP contribution in [0.5, 0.6) is 5.75 Å². The molecule has 0 spiro atoms. The van der Waals surface area contributed by atoms with E-state index < -0.39 is 6.10 Å². The van der Waals surface area contributed by atoms with Crippen molar-refractivity contribution in [3.63, 3.8) is 0 Å². The van der Waals surface area contributed by atoms with Crippen LogP contribution in [0.2, 0.25) is 0 Å². The number of aliphatic hydroxyl groups excluding tert-OH is 1. The number of nitrogen functional groups attached to an aromatic ring is 1. The van der Waals surface area contributed by atoms with Crippen LogP contribution >= 0.6 is 0 Å². The third kappa shape index (κ3) is 4.33. The second-order valence-electron chi connectivity index (χ2n) is 5.32. The van der Waals surface area contributed by atoms with E-state index in [-0.39, 0.29) is 12.6 Å². The number of para-hydroxylation sites is 1. The van der Waals surface area contributed by atoms with Gasteiger partial charge in [0.2, 0.25) is 5.95 Å². The van der Waals surface area contributed by atoms with Gasteiger partial charge in [0.25, 0.3) is 0 Å². The molecule has 0 aliphatic carbocycles. The SMILES string of the molecule is Cc1cc(NC[C@@H](O)COc2c(C)cccc2C)nc(N)n1. The summed E-state index contributed by atoms with van der Waals surface area (Å²) in [6.07, 6.45) is -0.657. The van der Waals surface area contributed by atoms with Gasteiger partial charge in [-0.2, -0.15) is 4.98 Å². The van der Waals surface area contributed by atoms with Crippen molar-refractivity contribution in [2.75, 3.05) is 24.2 Å². The van der Waals surface area contributed by atoms with Crippen LogP contribution in [0, 0.1) is 20.8 Å². The van der Waals surface area contributed by atoms with Crippen LogP contribution in [0.3, 0.4) is 0 Å². The molecule has 1 atom stereocenters. The Bertz CT molecular complexity index is 606. The molecule has 1 aromatic heterocycles. The summed E-state index contributed by atoms with van der Waals surface area (Å²) in [6, 6.07) is 7.73. The lowest BCUT2D eigenvalue weighted by Crippen LogP contribution is -2.27. The second kappa shape index (κ2) is 7.09. The molecule has 0 aliphatic heterocycles. The van der Waals surface area contributed by atoms with Gasteiger partial charge in [0.1, 0.15) is 24.3 Å². The van der Waals surface area contributed by atoms with E-state index in [9.17, 15) is 5.11 Å². The predicted octanol–water partition coefficient (Wildman–Crippen LogP) is 1.84. The van der Waals surface area contributed by atoms with Crippen LogP contribution in [0.15, 0.2) is 24.3 Å². The molecule has 0 fully saturated rings. The number of hydrogen-bond acceptors (Lipinski definition) is 6. The van der Waals surface area contributed by atoms with Crippen molar-refractivity contribution in [1.82, 2.24) is 9.97 Å². The van der Waals surface area contributed by atoms with Gasteiger partial charge in [-0.05, 0) is 31.9 Å². The van der Waals surface area contributed by atoms with Crippen molar-refractivity contribution < 1.29 is 9.84 Å². The van der Waals surface area contributed by atoms with Gasteiger partial charge >= 0.3 is 0 Å². The van der Waals surface area contributed by atoms with Crippen LogP contribution in [-0.2, 0) is 0 Å². The highest BCUT2D eigenvalue weighted by molar-refractivity contribution is 5.41. The molecule has 0 radical (unpaired) electrons. The summed E-state index contributed by atoms with van der Waals surface area (Å²) >= 11 is 0. The standard InChI is InChI=1S/C16H22N4O2/c1-10-5-4-6-11(2)15(10)22-9-13(21)8-18-14-7-12(3)19-16(17)20-14/h4-7,13,21H,8-9H2,1-3H3,(H3,17,18,19,20)/t13-/m1/s1. The summed E-state index contributed by atoms with van der Waals surface area (Å²) in [6.45, 7) is 6.33. The number of nitrogens with two attached hydrogens (primary N) is 1. The third-order valence-electron chi connectivity index (χ3n) is 3.22. The first-order chi connectivity index (χ1) is 10.5. The lowest BCUT2D eigenvalue weighted by molar-refractivity contribution is 0.116. The van der Waals surface area contributed by atoms with Crippen LogP contribution in [0.1, 0.15) is 16.8 Å². The summed E-state index contributed by atoms with van der Waals surface area (Å²) in [4.78, 5) is 8.05. The third-order valence-corrected chi connectivity index (χ3v) is 3.22. The number of rotatable bonds is 6. The van der Waals surface area contributed by atoms with E-state index in [0.29, 0.717) is 12.4 Å². The predicted molar refractivity (Wildman–Crippen MR) is 87.1 cm³/mol. The zero-order valence-electron chi connectivity index (χ0n) is 13.1. The Balaban J connectivity index is 1.87. The molecule has 4 N–H and O–H groups in total. The number of hydrogen-bond donors (Lipinski definition) is 3. The van der Waals surface area contributed by atoms with Crippen molar-refractivity contribution in [1.29, 1.82) is 0 Å². The molecule has 2 rings (SSSR count). The highest BCUT2D eigenvalue weighted by Gasteiger charge is 2.09. The van der Waals surface area contributed by atoms with Crippen molar-refractivity contribution >= 4 is 11.8 Å². The molecule has 22 heavy (non-hydrogen) atoms. The van der Waals surface area contributed by atoms with Crippen LogP contribution < -0.4 is 15.8 Å². The van der Waals surface area contributed by atoms with Crippen LogP contribution in [0.4, 0.5) is 11.8 Å². The largest absolute Gasteiger partial charge is 0.490 e. The molecule has 1 heterocycles. The number of nitrogens with zero attached hydrogens (tertiary/aromatic N) is 2. The molecule has 0 aliphatic rings. The van der Waals surface area contributed by atoms with Crippen molar-refractivity contribution in [2.45, 2.75) is 26.9 Å². The maximum Gasteiger partial charge on any atom is 0.222 e. The Kier molecular flexibility index (Phi) is 5.16. The summed E-state index contributed by atoms with van der Waals surface area (Å²) in [7, 11) is 0. The van der Waals surface area contributed by atoms with Crippen molar-refractivity contribution in [2.24, 2.45) is 0 Å². The molecule has 0 bridgehead atoms. The molecule has 6 heteroatoms. The quantitative estimate of drug-likeness (QED) is 0.754. The van der Waals surface area contributed by atoms with Gasteiger partial charge in [-0.25, -0.2) is 4.98 Å². The lowest BCUT2D eigenvalue weighted by Gasteiger charge is -2.16. The maximum absolute atomic E-state index is 10.0. The Morgan fingerprint density at radius 1 is 1.23 bits per heavy atom. The van der Waals surface area contributed by atoms with E-state index in [1.807, 2.05) is 39.0 Å². The minimum absolute atomic E-state index is 0.207. The normalized spacial score (nSPS) is 12.0. The summed E-state index contributed by atoms with van der Waals surface area (Å²) in [5.74, 6) is 1.63. The molecule has 0 amide bonds. The molecule has 0 unspecified atom stereocenters. The van der Waals surface area contributed by atoms with Crippen LogP contribution in [-0.4, -0.2) is 34.3 Å². The first-order valence-electron chi connectivity index (χ1n) is 7.18. The van der Waals surface area contributed by atoms with Crippen molar-refractivity contribution in [3.8, 4) is 5.75 Å². The van der Waals surface area contributed by atoms with Gasteiger partial charge in [0, 0.05) is 18.3 Å². The molecule has 2 aromatic rings. The fraction of sp³-hybridized carbons (Fsp3) is 0.375. The smallest absolute Gasteiger partial charge is 0.222 e. The van der Waals surface area contributed by atoms with Crippen molar-refractivity contribution in [3.05, 3.63) is 41.1 Å². The first kappa shape index (κ1) is 16.0. The Labute approximate surface area is 130 Å². The van der Waals surface area contributed by atoms with Gasteiger partial charge in [0.05, 0.1) is 0 Å². The van der Waals surface area contributed by atoms with Gasteiger partial charge < -0.3 is 20.9 Å². The summed E-state index contributed by atoms with van der Waals surface area (Å²) in [5.41, 5.74) is 8.47. The lowest BCUT2D eigenvalue weighted by atomic mass is 10.1. The molecule has 6 nitrogen and oxygen atoms in total. The monoisotopic (exact) mass is 302 g/mol. The average Bonchev–Trinajstić information content (AvgIpc) is 2.43. The molecular weight excluding hydrogens is 280 g/mol. The van der Waals surface area contributed by atoms with E-state index in [1.165, 1.54) is 0 Å². The number of aliphatic hydroxyl groups is 1. The number of ether oxygens (including phenoxy) is 1. The van der Waals surface area contributed by atoms with Crippen LogP contribution in [0.25, 0.3) is 0 Å². The Morgan fingerprint density at radius 2 is 1.91 bits per heavy atom. The highest BCUT2D eigenvalue weighted by Crippen LogP contribution is 2.22. The molecule has 1 aromatic carbocycles. The molecule has 0 saturated heterocycles. The Hall–Kier alpha value is -2.34. The number of anilines is 2. The topological polar surface area (TPSA) is 93.3 Å². The number of aryl methyl sites for hydroxylation is 3. The summed E-state index contributed by atoms with van der Waals surface area (Å²) in [5, 5.41) is 13.1. The van der Waals surface area contributed by atoms with E-state index in [1.54, 1.807) is 6.07 Å². The van der Waals surface area contributed by atoms with Gasteiger partial charge in [0.15, 0.2) is 0 Å². The Morgan fingerprint density at radius 3 is 2.55 bits per heavy atom. The van der Waals surface area contributed by atoms with E-state index in [4.69, 9.17) is 10.5 Å². The first-order valence-corrected chi connectivity index (χ1v) is 7.18. The van der Waals surface area contributed by atoms with Gasteiger partial charge in [-0.1, -0.05) is 18.2 Å². The van der Waals surface area contributed by atoms with Gasteiger partial charge in [-0.3, -0.25) is 0 Å². The number of benzene rings is 1. The molecule has 0 saturated carbocycles. The fourth-order valence-electron chi connectivity index (χ4n) is 2.17. The number of aromatic nitrogens is 2. The van der Waals surface area contributed by atoms with Gasteiger partial charge in [-0.15, -0.1) is 0 Å². The number of nitrogens with one attached hydrogen (secondary N) is 1. The highest BCUT2D eigenvalue weighted by atomic mass is 16.5. The summed E-state index contributed by atoms with van der Waals surface area (Å²) < 4.78 is 5.72. The fourth-order valence-corrected chi connectivity index (χ4v) is 2.17.